The fourth-order valence-electron chi connectivity index (χ4n) is 1.99. The number of nitrogens with zero attached hydrogens (tertiary/aromatic N) is 4. The molecule has 0 aliphatic heterocycles. The molecule has 0 unspecified atom stereocenters. The summed E-state index contributed by atoms with van der Waals surface area (Å²) in [7, 11) is 1.95. The molecule has 5 heteroatoms. The summed E-state index contributed by atoms with van der Waals surface area (Å²) < 4.78 is 0. The van der Waals surface area contributed by atoms with Gasteiger partial charge in [-0.3, -0.25) is 0 Å². The van der Waals surface area contributed by atoms with E-state index in [-0.39, 0.29) is 0 Å². The topological polar surface area (TPSA) is 64.8 Å². The third-order valence-electron chi connectivity index (χ3n) is 3.04. The van der Waals surface area contributed by atoms with Crippen molar-refractivity contribution in [1.29, 1.82) is 5.26 Å². The number of hydrogen-bond acceptors (Lipinski definition) is 5. The van der Waals surface area contributed by atoms with Crippen LogP contribution in [0.15, 0.2) is 24.3 Å². The first-order chi connectivity index (χ1) is 9.76. The van der Waals surface area contributed by atoms with Gasteiger partial charge < -0.3 is 10.2 Å². The van der Waals surface area contributed by atoms with E-state index in [9.17, 15) is 0 Å². The van der Waals surface area contributed by atoms with Gasteiger partial charge in [-0.05, 0) is 18.6 Å². The minimum atomic E-state index is 0.479. The molecule has 1 heterocycles. The van der Waals surface area contributed by atoms with Gasteiger partial charge in [-0.25, -0.2) is 4.98 Å². The average Bonchev–Trinajstić information content (AvgIpc) is 2.49. The van der Waals surface area contributed by atoms with Gasteiger partial charge >= 0.3 is 0 Å². The maximum absolute atomic E-state index is 8.72. The molecular formula is C15H19N5. The molecule has 0 aliphatic rings. The van der Waals surface area contributed by atoms with Crippen LogP contribution >= 0.6 is 0 Å². The number of para-hydroxylation sites is 1. The summed E-state index contributed by atoms with van der Waals surface area (Å²) in [5.74, 6) is 1.51. The second-order valence-electron chi connectivity index (χ2n) is 4.64. The van der Waals surface area contributed by atoms with E-state index in [1.165, 1.54) is 0 Å². The van der Waals surface area contributed by atoms with Crippen LogP contribution in [0.5, 0.6) is 0 Å². The van der Waals surface area contributed by atoms with Gasteiger partial charge in [-0.15, -0.1) is 0 Å². The van der Waals surface area contributed by atoms with Gasteiger partial charge in [0.05, 0.1) is 18.0 Å². The van der Waals surface area contributed by atoms with Crippen LogP contribution in [0.3, 0.4) is 0 Å². The Morgan fingerprint density at radius 2 is 2.10 bits per heavy atom. The number of rotatable bonds is 6. The third-order valence-corrected chi connectivity index (χ3v) is 3.04. The lowest BCUT2D eigenvalue weighted by Crippen LogP contribution is -2.20. The Morgan fingerprint density at radius 3 is 2.85 bits per heavy atom. The summed E-state index contributed by atoms with van der Waals surface area (Å²) in [6, 6.07) is 10.1. The van der Waals surface area contributed by atoms with Crippen LogP contribution in [0.25, 0.3) is 10.9 Å². The van der Waals surface area contributed by atoms with Crippen LogP contribution in [0.2, 0.25) is 0 Å². The number of nitrogens with one attached hydrogen (secondary N) is 1. The van der Waals surface area contributed by atoms with E-state index in [2.05, 4.69) is 28.3 Å². The number of hydrogen-bond donors (Lipinski definition) is 1. The maximum atomic E-state index is 8.72. The van der Waals surface area contributed by atoms with E-state index < -0.39 is 0 Å². The minimum absolute atomic E-state index is 0.479. The maximum Gasteiger partial charge on any atom is 0.225 e. The highest BCUT2D eigenvalue weighted by molar-refractivity contribution is 5.90. The van der Waals surface area contributed by atoms with Crippen LogP contribution in [0, 0.1) is 11.3 Å². The van der Waals surface area contributed by atoms with Crippen LogP contribution in [0.4, 0.5) is 11.8 Å². The van der Waals surface area contributed by atoms with Crippen molar-refractivity contribution in [1.82, 2.24) is 9.97 Å². The molecule has 2 aromatic rings. The fourth-order valence-corrected chi connectivity index (χ4v) is 1.99. The number of benzene rings is 1. The zero-order valence-electron chi connectivity index (χ0n) is 11.9. The lowest BCUT2D eigenvalue weighted by molar-refractivity contribution is 0.883. The van der Waals surface area contributed by atoms with Crippen molar-refractivity contribution >= 4 is 22.7 Å². The number of fused-ring (bicyclic) bond motifs is 1. The molecule has 5 nitrogen and oxygen atoms in total. The quantitative estimate of drug-likeness (QED) is 0.873. The Kier molecular flexibility index (Phi) is 4.72. The van der Waals surface area contributed by atoms with Gasteiger partial charge in [-0.1, -0.05) is 19.1 Å². The molecule has 20 heavy (non-hydrogen) atoms. The van der Waals surface area contributed by atoms with Crippen molar-refractivity contribution in [3.63, 3.8) is 0 Å². The van der Waals surface area contributed by atoms with Crippen molar-refractivity contribution in [3.05, 3.63) is 24.3 Å². The molecule has 0 saturated heterocycles. The summed E-state index contributed by atoms with van der Waals surface area (Å²) in [5, 5.41) is 13.0. The van der Waals surface area contributed by atoms with Gasteiger partial charge in [0.2, 0.25) is 5.95 Å². The number of nitriles is 1. The van der Waals surface area contributed by atoms with Crippen LogP contribution in [-0.4, -0.2) is 30.1 Å². The standard InChI is InChI=1S/C15H19N5/c1-3-10-17-15-18-13-8-5-4-7-12(13)14(19-15)20(2)11-6-9-16/h4-5,7-8H,3,6,10-11H2,1-2H3,(H,17,18,19). The SMILES string of the molecule is CCCNc1nc(N(C)CCC#N)c2ccccc2n1. The summed E-state index contributed by atoms with van der Waals surface area (Å²) in [6.07, 6.45) is 1.50. The van der Waals surface area contributed by atoms with Gasteiger partial charge in [0.15, 0.2) is 0 Å². The molecule has 0 atom stereocenters. The van der Waals surface area contributed by atoms with Crippen molar-refractivity contribution < 1.29 is 0 Å². The number of anilines is 2. The lowest BCUT2D eigenvalue weighted by atomic mass is 10.2. The summed E-state index contributed by atoms with van der Waals surface area (Å²) in [4.78, 5) is 11.1. The van der Waals surface area contributed by atoms with Crippen LogP contribution in [0.1, 0.15) is 19.8 Å². The van der Waals surface area contributed by atoms with E-state index >= 15 is 0 Å². The zero-order valence-corrected chi connectivity index (χ0v) is 11.9. The van der Waals surface area contributed by atoms with Crippen molar-refractivity contribution in [2.75, 3.05) is 30.4 Å². The molecule has 0 amide bonds. The Labute approximate surface area is 119 Å². The highest BCUT2D eigenvalue weighted by Crippen LogP contribution is 2.24. The van der Waals surface area contributed by atoms with E-state index in [1.807, 2.05) is 36.2 Å². The van der Waals surface area contributed by atoms with E-state index in [4.69, 9.17) is 5.26 Å². The van der Waals surface area contributed by atoms with Gasteiger partial charge in [0.25, 0.3) is 0 Å². The molecular weight excluding hydrogens is 250 g/mol. The Morgan fingerprint density at radius 1 is 1.30 bits per heavy atom. The van der Waals surface area contributed by atoms with Crippen molar-refractivity contribution in [3.8, 4) is 6.07 Å². The number of aromatic nitrogens is 2. The Balaban J connectivity index is 2.41. The lowest BCUT2D eigenvalue weighted by Gasteiger charge is -2.19. The second-order valence-corrected chi connectivity index (χ2v) is 4.64. The average molecular weight is 269 g/mol. The monoisotopic (exact) mass is 269 g/mol. The molecule has 0 fully saturated rings. The largest absolute Gasteiger partial charge is 0.358 e. The van der Waals surface area contributed by atoms with Crippen molar-refractivity contribution in [2.45, 2.75) is 19.8 Å². The smallest absolute Gasteiger partial charge is 0.225 e. The summed E-state index contributed by atoms with van der Waals surface area (Å²) in [6.45, 7) is 3.61. The fraction of sp³-hybridized carbons (Fsp3) is 0.400. The molecule has 0 spiro atoms. The molecule has 2 rings (SSSR count). The molecule has 0 saturated carbocycles. The van der Waals surface area contributed by atoms with E-state index in [0.717, 1.165) is 29.7 Å². The molecule has 1 aromatic carbocycles. The van der Waals surface area contributed by atoms with E-state index in [0.29, 0.717) is 18.9 Å². The van der Waals surface area contributed by atoms with E-state index in [1.54, 1.807) is 0 Å². The van der Waals surface area contributed by atoms with Crippen molar-refractivity contribution in [2.24, 2.45) is 0 Å². The Hall–Kier alpha value is -2.35. The molecule has 104 valence electrons. The van der Waals surface area contributed by atoms with Gasteiger partial charge in [0, 0.05) is 25.5 Å². The summed E-state index contributed by atoms with van der Waals surface area (Å²) in [5.41, 5.74) is 0.917. The Bertz CT molecular complexity index is 617. The molecule has 1 aromatic heterocycles. The molecule has 0 bridgehead atoms. The first-order valence-corrected chi connectivity index (χ1v) is 6.85. The summed E-state index contributed by atoms with van der Waals surface area (Å²) >= 11 is 0. The predicted molar refractivity (Wildman–Crippen MR) is 81.8 cm³/mol. The predicted octanol–water partition coefficient (Wildman–Crippen LogP) is 2.80. The zero-order chi connectivity index (χ0) is 14.4. The molecule has 0 radical (unpaired) electrons. The van der Waals surface area contributed by atoms with Gasteiger partial charge in [-0.2, -0.15) is 10.2 Å². The second kappa shape index (κ2) is 6.71. The first-order valence-electron chi connectivity index (χ1n) is 6.85. The van der Waals surface area contributed by atoms with Crippen LogP contribution in [-0.2, 0) is 0 Å². The van der Waals surface area contributed by atoms with Gasteiger partial charge in [0.1, 0.15) is 5.82 Å². The highest BCUT2D eigenvalue weighted by Gasteiger charge is 2.10. The molecule has 1 N–H and O–H groups in total. The normalized spacial score (nSPS) is 10.2. The van der Waals surface area contributed by atoms with Crippen LogP contribution < -0.4 is 10.2 Å². The highest BCUT2D eigenvalue weighted by atomic mass is 15.2. The minimum Gasteiger partial charge on any atom is -0.358 e. The third kappa shape index (κ3) is 3.15. The first kappa shape index (κ1) is 14.1. The molecule has 0 aliphatic carbocycles.